The number of hydrogen-bond acceptors (Lipinski definition) is 8. The van der Waals surface area contributed by atoms with Gasteiger partial charge in [0.15, 0.2) is 18.5 Å². The van der Waals surface area contributed by atoms with Crippen LogP contribution in [0, 0.1) is 0 Å². The molecule has 3 aromatic rings. The van der Waals surface area contributed by atoms with Gasteiger partial charge in [-0.1, -0.05) is 54.6 Å². The molecule has 1 aliphatic rings. The van der Waals surface area contributed by atoms with Gasteiger partial charge in [0.05, 0.1) is 16.7 Å². The van der Waals surface area contributed by atoms with Crippen molar-refractivity contribution in [3.63, 3.8) is 0 Å². The topological polar surface area (TPSA) is 108 Å². The van der Waals surface area contributed by atoms with Crippen LogP contribution in [-0.4, -0.2) is 54.2 Å². The molecule has 1 N–H and O–H groups in total. The highest BCUT2D eigenvalue weighted by atomic mass is 16.7. The maximum atomic E-state index is 12.7. The smallest absolute Gasteiger partial charge is 0.338 e. The van der Waals surface area contributed by atoms with Crippen molar-refractivity contribution >= 4 is 17.9 Å². The second-order valence-corrected chi connectivity index (χ2v) is 7.50. The molecule has 0 amide bonds. The Hall–Kier alpha value is -4.01. The van der Waals surface area contributed by atoms with E-state index in [1.165, 1.54) is 0 Å². The summed E-state index contributed by atoms with van der Waals surface area (Å²) in [4.78, 5) is 37.6. The second-order valence-electron chi connectivity index (χ2n) is 7.50. The standard InChI is InChI=1S/C26H22O8/c27-23(17-10-4-1-5-11-17)31-16-20-21(33-24(28)18-12-6-2-7-13-18)22(26(30)32-20)34-25(29)19-14-8-3-9-15-19/h1-15,20-22,26,30H,16H2/t20-,21?,22?,26-/m1/s1. The van der Waals surface area contributed by atoms with E-state index in [4.69, 9.17) is 18.9 Å². The first-order valence-corrected chi connectivity index (χ1v) is 10.6. The SMILES string of the molecule is O=C(OC[C@H]1O[C@@H](O)C(OC(=O)c2ccccc2)C1OC(=O)c1ccccc1)c1ccccc1. The molecule has 2 unspecified atom stereocenters. The number of hydrogen-bond donors (Lipinski definition) is 1. The van der Waals surface area contributed by atoms with E-state index < -0.39 is 42.5 Å². The van der Waals surface area contributed by atoms with E-state index in [2.05, 4.69) is 0 Å². The molecule has 0 spiro atoms. The average molecular weight is 462 g/mol. The third-order valence-electron chi connectivity index (χ3n) is 5.18. The molecule has 4 rings (SSSR count). The Morgan fingerprint density at radius 1 is 0.647 bits per heavy atom. The third-order valence-corrected chi connectivity index (χ3v) is 5.18. The number of esters is 3. The molecule has 1 heterocycles. The van der Waals surface area contributed by atoms with Gasteiger partial charge in [0, 0.05) is 0 Å². The van der Waals surface area contributed by atoms with E-state index in [9.17, 15) is 19.5 Å². The molecule has 1 aliphatic heterocycles. The second kappa shape index (κ2) is 10.7. The van der Waals surface area contributed by atoms with Crippen molar-refractivity contribution in [1.82, 2.24) is 0 Å². The van der Waals surface area contributed by atoms with Gasteiger partial charge in [0.2, 0.25) is 0 Å². The van der Waals surface area contributed by atoms with Crippen LogP contribution in [0.4, 0.5) is 0 Å². The van der Waals surface area contributed by atoms with Crippen LogP contribution in [0.3, 0.4) is 0 Å². The number of rotatable bonds is 7. The van der Waals surface area contributed by atoms with E-state index in [-0.39, 0.29) is 17.7 Å². The van der Waals surface area contributed by atoms with Gasteiger partial charge >= 0.3 is 17.9 Å². The Morgan fingerprint density at radius 2 is 1.06 bits per heavy atom. The molecule has 1 saturated heterocycles. The van der Waals surface area contributed by atoms with Crippen molar-refractivity contribution in [3.05, 3.63) is 108 Å². The summed E-state index contributed by atoms with van der Waals surface area (Å²) in [7, 11) is 0. The van der Waals surface area contributed by atoms with Crippen molar-refractivity contribution in [2.24, 2.45) is 0 Å². The van der Waals surface area contributed by atoms with Gasteiger partial charge in [-0.25, -0.2) is 14.4 Å². The quantitative estimate of drug-likeness (QED) is 0.422. The van der Waals surface area contributed by atoms with E-state index in [0.717, 1.165) is 0 Å². The molecule has 8 nitrogen and oxygen atoms in total. The molecule has 0 bridgehead atoms. The molecular formula is C26H22O8. The zero-order valence-electron chi connectivity index (χ0n) is 18.0. The predicted octanol–water partition coefficient (Wildman–Crippen LogP) is 3.01. The summed E-state index contributed by atoms with van der Waals surface area (Å²) in [6.07, 6.45) is -5.22. The van der Waals surface area contributed by atoms with Crippen molar-refractivity contribution in [1.29, 1.82) is 0 Å². The lowest BCUT2D eigenvalue weighted by molar-refractivity contribution is -0.135. The van der Waals surface area contributed by atoms with Gasteiger partial charge in [-0.3, -0.25) is 0 Å². The molecule has 0 aliphatic carbocycles. The van der Waals surface area contributed by atoms with Gasteiger partial charge in [0.25, 0.3) is 0 Å². The van der Waals surface area contributed by atoms with Crippen LogP contribution in [0.15, 0.2) is 91.0 Å². The molecule has 4 atom stereocenters. The van der Waals surface area contributed by atoms with Gasteiger partial charge in [-0.2, -0.15) is 0 Å². The highest BCUT2D eigenvalue weighted by Gasteiger charge is 2.50. The zero-order valence-corrected chi connectivity index (χ0v) is 18.0. The maximum absolute atomic E-state index is 12.7. The fraction of sp³-hybridized carbons (Fsp3) is 0.192. The maximum Gasteiger partial charge on any atom is 0.338 e. The molecule has 0 saturated carbocycles. The first-order valence-electron chi connectivity index (χ1n) is 10.6. The molecule has 1 fully saturated rings. The third kappa shape index (κ3) is 5.48. The lowest BCUT2D eigenvalue weighted by Crippen LogP contribution is -2.42. The fourth-order valence-corrected chi connectivity index (χ4v) is 3.46. The Bertz CT molecular complexity index is 1120. The summed E-state index contributed by atoms with van der Waals surface area (Å²) < 4.78 is 21.8. The monoisotopic (exact) mass is 462 g/mol. The lowest BCUT2D eigenvalue weighted by Gasteiger charge is -2.23. The minimum atomic E-state index is -1.60. The minimum absolute atomic E-state index is 0.252. The highest BCUT2D eigenvalue weighted by molar-refractivity contribution is 5.90. The molecule has 34 heavy (non-hydrogen) atoms. The molecule has 0 aromatic heterocycles. The number of aliphatic hydroxyl groups excluding tert-OH is 1. The summed E-state index contributed by atoms with van der Waals surface area (Å²) in [6, 6.07) is 24.7. The summed E-state index contributed by atoms with van der Waals surface area (Å²) in [6.45, 7) is -0.336. The fourth-order valence-electron chi connectivity index (χ4n) is 3.46. The Labute approximate surface area is 195 Å². The first kappa shape index (κ1) is 23.2. The Balaban J connectivity index is 1.51. The molecule has 0 radical (unpaired) electrons. The number of aliphatic hydroxyl groups is 1. The van der Waals surface area contributed by atoms with E-state index in [0.29, 0.717) is 5.56 Å². The van der Waals surface area contributed by atoms with Crippen LogP contribution in [-0.2, 0) is 18.9 Å². The number of benzene rings is 3. The van der Waals surface area contributed by atoms with Gasteiger partial charge in [-0.05, 0) is 36.4 Å². The minimum Gasteiger partial charge on any atom is -0.459 e. The van der Waals surface area contributed by atoms with Crippen LogP contribution in [0.25, 0.3) is 0 Å². The largest absolute Gasteiger partial charge is 0.459 e. The highest BCUT2D eigenvalue weighted by Crippen LogP contribution is 2.28. The molecule has 174 valence electrons. The average Bonchev–Trinajstić information content (AvgIpc) is 3.17. The van der Waals surface area contributed by atoms with Crippen LogP contribution in [0.5, 0.6) is 0 Å². The van der Waals surface area contributed by atoms with E-state index >= 15 is 0 Å². The summed E-state index contributed by atoms with van der Waals surface area (Å²) in [5.41, 5.74) is 0.838. The Kier molecular flexibility index (Phi) is 7.31. The zero-order chi connectivity index (χ0) is 23.9. The summed E-state index contributed by atoms with van der Waals surface area (Å²) >= 11 is 0. The van der Waals surface area contributed by atoms with E-state index in [1.54, 1.807) is 91.0 Å². The van der Waals surface area contributed by atoms with Gasteiger partial charge in [-0.15, -0.1) is 0 Å². The predicted molar refractivity (Wildman–Crippen MR) is 119 cm³/mol. The molecular weight excluding hydrogens is 440 g/mol. The van der Waals surface area contributed by atoms with Crippen molar-refractivity contribution < 1.29 is 38.4 Å². The van der Waals surface area contributed by atoms with Crippen molar-refractivity contribution in [2.75, 3.05) is 6.61 Å². The van der Waals surface area contributed by atoms with Gasteiger partial charge < -0.3 is 24.1 Å². The first-order chi connectivity index (χ1) is 16.5. The summed E-state index contributed by atoms with van der Waals surface area (Å²) in [5.74, 6) is -2.05. The van der Waals surface area contributed by atoms with Crippen LogP contribution < -0.4 is 0 Å². The molecule has 8 heteroatoms. The van der Waals surface area contributed by atoms with Crippen LogP contribution in [0.1, 0.15) is 31.1 Å². The normalized spacial score (nSPS) is 21.4. The number of carbonyl (C=O) groups is 3. The Morgan fingerprint density at radius 3 is 1.53 bits per heavy atom. The van der Waals surface area contributed by atoms with E-state index in [1.807, 2.05) is 0 Å². The number of carbonyl (C=O) groups excluding carboxylic acids is 3. The van der Waals surface area contributed by atoms with Crippen molar-refractivity contribution in [2.45, 2.75) is 24.6 Å². The van der Waals surface area contributed by atoms with Crippen LogP contribution >= 0.6 is 0 Å². The number of ether oxygens (including phenoxy) is 4. The van der Waals surface area contributed by atoms with Gasteiger partial charge in [0.1, 0.15) is 12.7 Å². The van der Waals surface area contributed by atoms with Crippen molar-refractivity contribution in [3.8, 4) is 0 Å². The molecule has 3 aromatic carbocycles. The van der Waals surface area contributed by atoms with Crippen LogP contribution in [0.2, 0.25) is 0 Å². The summed E-state index contributed by atoms with van der Waals surface area (Å²) in [5, 5.41) is 10.5. The lowest BCUT2D eigenvalue weighted by atomic mass is 10.1.